The summed E-state index contributed by atoms with van der Waals surface area (Å²) in [6.45, 7) is 12.8. The maximum atomic E-state index is 12.4. The van der Waals surface area contributed by atoms with E-state index in [2.05, 4.69) is 34.6 Å². The predicted molar refractivity (Wildman–Crippen MR) is 196 cm³/mol. The van der Waals surface area contributed by atoms with Crippen LogP contribution in [0.25, 0.3) is 0 Å². The van der Waals surface area contributed by atoms with Crippen molar-refractivity contribution in [2.24, 2.45) is 80.8 Å². The van der Waals surface area contributed by atoms with Gasteiger partial charge < -0.3 is 20.4 Å². The Hall–Kier alpha value is -2.85. The number of fused-ring (bicyclic) bond motifs is 10. The van der Waals surface area contributed by atoms with Crippen molar-refractivity contribution in [1.82, 2.24) is 0 Å². The van der Waals surface area contributed by atoms with Crippen LogP contribution in [0.1, 0.15) is 92.9 Å². The van der Waals surface area contributed by atoms with Gasteiger partial charge in [0.1, 0.15) is 0 Å². The fraction of sp³-hybridized carbons (Fsp3) is 0.705. The summed E-state index contributed by atoms with van der Waals surface area (Å²) in [6.07, 6.45) is 14.3. The average molecular weight is 731 g/mol. The number of aldehydes is 1. The van der Waals surface area contributed by atoms with Crippen LogP contribution in [0.15, 0.2) is 47.6 Å². The third-order valence-corrected chi connectivity index (χ3v) is 16.7. The highest BCUT2D eigenvalue weighted by atomic mass is 16.5. The van der Waals surface area contributed by atoms with Gasteiger partial charge >= 0.3 is 0 Å². The van der Waals surface area contributed by atoms with Gasteiger partial charge in [-0.3, -0.25) is 24.0 Å². The molecule has 8 rings (SSSR count). The molecule has 0 heterocycles. The molecule has 0 aliphatic heterocycles. The van der Waals surface area contributed by atoms with E-state index in [1.165, 1.54) is 0 Å². The third kappa shape index (κ3) is 5.64. The Kier molecular flexibility index (Phi) is 9.52. The molecule has 9 nitrogen and oxygen atoms in total. The number of carbonyl (C=O) groups is 5. The number of Topliss-reactive ketones (excluding diaryl/α,β-unsaturated/α-hetero) is 2. The van der Waals surface area contributed by atoms with Crippen LogP contribution in [0.4, 0.5) is 0 Å². The number of aliphatic hydroxyl groups is 4. The van der Waals surface area contributed by atoms with Crippen LogP contribution in [0, 0.1) is 80.8 Å². The van der Waals surface area contributed by atoms with Gasteiger partial charge in [0.15, 0.2) is 29.4 Å². The molecule has 0 radical (unpaired) electrons. The fourth-order valence-corrected chi connectivity index (χ4v) is 14.7. The summed E-state index contributed by atoms with van der Waals surface area (Å²) in [4.78, 5) is 59.7. The molecule has 53 heavy (non-hydrogen) atoms. The molecule has 0 aromatic heterocycles. The first kappa shape index (κ1) is 38.4. The zero-order valence-corrected chi connectivity index (χ0v) is 32.0. The van der Waals surface area contributed by atoms with Gasteiger partial charge in [0, 0.05) is 34.5 Å². The zero-order chi connectivity index (χ0) is 38.6. The van der Waals surface area contributed by atoms with E-state index in [9.17, 15) is 44.4 Å². The summed E-state index contributed by atoms with van der Waals surface area (Å²) in [5.74, 6) is 0.361. The number of rotatable bonds is 4. The highest BCUT2D eigenvalue weighted by Gasteiger charge is 2.65. The molecule has 0 bridgehead atoms. The summed E-state index contributed by atoms with van der Waals surface area (Å²) in [6, 6.07) is 0. The van der Waals surface area contributed by atoms with Gasteiger partial charge in [-0.25, -0.2) is 0 Å². The smallest absolute Gasteiger partial charge is 0.213 e. The molecule has 288 valence electrons. The SMILES string of the molecule is C[C@H]1C[C@@H]2[C@H]([C@@H](O)C[C@]3(C)[C@@H](C(=O)C(O)O)CC[C@@H]23)[C@@]2(C)C=CC(=O)C=C12.C[C@H]1C[C@@H]2[C@H]([C@@H](O)C[C@]3(C)[C@@H](C(=O)C=O)CC[C@@H]23)[C@@]2(C)C=CC(=O)C=C12. The van der Waals surface area contributed by atoms with Crippen LogP contribution in [0.2, 0.25) is 0 Å². The van der Waals surface area contributed by atoms with Gasteiger partial charge in [-0.15, -0.1) is 0 Å². The Bertz CT molecular complexity index is 1720. The van der Waals surface area contributed by atoms with Gasteiger partial charge in [0.25, 0.3) is 0 Å². The summed E-state index contributed by atoms with van der Waals surface area (Å²) in [5, 5.41) is 41.3. The Morgan fingerprint density at radius 2 is 1.13 bits per heavy atom. The normalized spacial score (nSPS) is 49.2. The van der Waals surface area contributed by atoms with E-state index in [-0.39, 0.29) is 75.0 Å². The number of aliphatic hydroxyl groups excluding tert-OH is 3. The fourth-order valence-electron chi connectivity index (χ4n) is 14.7. The number of ketones is 4. The largest absolute Gasteiger partial charge is 0.393 e. The van der Waals surface area contributed by atoms with Crippen LogP contribution in [0.5, 0.6) is 0 Å². The highest BCUT2D eigenvalue weighted by molar-refractivity contribution is 6.26. The molecule has 16 atom stereocenters. The molecular formula is C44H58O9. The molecule has 4 N–H and O–H groups in total. The standard InChI is InChI=1S/C22H30O5.C22H28O4/c1-11-8-13-14-4-5-15(19(25)20(26)27)22(14,3)10-17(24)18(13)21(2)7-6-12(23)9-16(11)21;1-12-8-14-15-4-5-16(19(26)11-23)22(15,3)10-18(25)20(14)21(2)7-6-13(24)9-17(12)21/h6-7,9,11,13-15,17-18,20,24,26-27H,4-5,8,10H2,1-3H3;6-7,9,11-12,14-16,18,20,25H,4-5,8,10H2,1-3H3/t11-,13-,14-,15+,17-,18+,21-,22-;12-,14-,15-,16+,18-,20+,21-,22-/m00/s1. The molecule has 0 spiro atoms. The molecule has 0 aromatic rings. The van der Waals surface area contributed by atoms with Crippen molar-refractivity contribution in [3.63, 3.8) is 0 Å². The van der Waals surface area contributed by atoms with Crippen LogP contribution in [-0.2, 0) is 24.0 Å². The maximum absolute atomic E-state index is 12.4. The van der Waals surface area contributed by atoms with Crippen molar-refractivity contribution in [1.29, 1.82) is 0 Å². The summed E-state index contributed by atoms with van der Waals surface area (Å²) < 4.78 is 0. The van der Waals surface area contributed by atoms with Gasteiger partial charge in [-0.1, -0.05) is 64.8 Å². The monoisotopic (exact) mass is 730 g/mol. The van der Waals surface area contributed by atoms with Gasteiger partial charge in [0.2, 0.25) is 6.29 Å². The molecule has 6 fully saturated rings. The first-order valence-electron chi connectivity index (χ1n) is 20.0. The second-order valence-electron chi connectivity index (χ2n) is 19.2. The Balaban J connectivity index is 0.000000164. The van der Waals surface area contributed by atoms with Gasteiger partial charge in [-0.05, 0) is 122 Å². The number of hydrogen-bond acceptors (Lipinski definition) is 9. The lowest BCUT2D eigenvalue weighted by atomic mass is 9.45. The van der Waals surface area contributed by atoms with E-state index in [0.29, 0.717) is 37.4 Å². The predicted octanol–water partition coefficient (Wildman–Crippen LogP) is 4.90. The summed E-state index contributed by atoms with van der Waals surface area (Å²) in [7, 11) is 0. The average Bonchev–Trinajstić information content (AvgIpc) is 3.61. The van der Waals surface area contributed by atoms with Crippen LogP contribution in [-0.4, -0.2) is 68.3 Å². The lowest BCUT2D eigenvalue weighted by Gasteiger charge is -2.60. The number of allylic oxidation sites excluding steroid dienone is 8. The molecule has 0 amide bonds. The number of hydrogen-bond donors (Lipinski definition) is 4. The van der Waals surface area contributed by atoms with Crippen molar-refractivity contribution in [3.05, 3.63) is 47.6 Å². The molecule has 9 heteroatoms. The lowest BCUT2D eigenvalue weighted by molar-refractivity contribution is -0.161. The zero-order valence-electron chi connectivity index (χ0n) is 32.0. The maximum Gasteiger partial charge on any atom is 0.213 e. The molecular weight excluding hydrogens is 672 g/mol. The second kappa shape index (κ2) is 13.1. The van der Waals surface area contributed by atoms with Crippen LogP contribution in [0.3, 0.4) is 0 Å². The molecule has 8 aliphatic carbocycles. The van der Waals surface area contributed by atoms with Crippen molar-refractivity contribution >= 4 is 29.4 Å². The topological polar surface area (TPSA) is 166 Å². The summed E-state index contributed by atoms with van der Waals surface area (Å²) in [5.41, 5.74) is 0.915. The minimum Gasteiger partial charge on any atom is -0.393 e. The van der Waals surface area contributed by atoms with E-state index in [4.69, 9.17) is 0 Å². The first-order chi connectivity index (χ1) is 24.8. The molecule has 6 saturated carbocycles. The van der Waals surface area contributed by atoms with Crippen LogP contribution >= 0.6 is 0 Å². The minimum absolute atomic E-state index is 0.0198. The van der Waals surface area contributed by atoms with Gasteiger partial charge in [0.05, 0.1) is 12.2 Å². The van der Waals surface area contributed by atoms with Gasteiger partial charge in [-0.2, -0.15) is 0 Å². The number of carbonyl (C=O) groups excluding carboxylic acids is 5. The van der Waals surface area contributed by atoms with Crippen molar-refractivity contribution in [2.45, 2.75) is 111 Å². The Morgan fingerprint density at radius 1 is 0.717 bits per heavy atom. The van der Waals surface area contributed by atoms with Crippen molar-refractivity contribution in [3.8, 4) is 0 Å². The van der Waals surface area contributed by atoms with E-state index in [1.807, 2.05) is 19.1 Å². The Morgan fingerprint density at radius 3 is 1.55 bits per heavy atom. The van der Waals surface area contributed by atoms with E-state index < -0.39 is 35.6 Å². The van der Waals surface area contributed by atoms with Crippen molar-refractivity contribution in [2.75, 3.05) is 0 Å². The molecule has 0 aromatic carbocycles. The van der Waals surface area contributed by atoms with E-state index in [0.717, 1.165) is 43.3 Å². The quantitative estimate of drug-likeness (QED) is 0.179. The molecule has 0 saturated heterocycles. The Labute approximate surface area is 313 Å². The molecule has 8 aliphatic rings. The third-order valence-electron chi connectivity index (χ3n) is 16.7. The minimum atomic E-state index is -1.94. The van der Waals surface area contributed by atoms with E-state index in [1.54, 1.807) is 24.3 Å². The van der Waals surface area contributed by atoms with E-state index >= 15 is 0 Å². The highest BCUT2D eigenvalue weighted by Crippen LogP contribution is 2.68. The lowest BCUT2D eigenvalue weighted by Crippen LogP contribution is -2.58. The van der Waals surface area contributed by atoms with Crippen molar-refractivity contribution < 1.29 is 44.4 Å². The van der Waals surface area contributed by atoms with Crippen LogP contribution < -0.4 is 0 Å². The first-order valence-corrected chi connectivity index (χ1v) is 20.0. The molecule has 0 unspecified atom stereocenters. The second-order valence-corrected chi connectivity index (χ2v) is 19.2. The summed E-state index contributed by atoms with van der Waals surface area (Å²) >= 11 is 0.